The van der Waals surface area contributed by atoms with Crippen molar-refractivity contribution in [2.45, 2.75) is 98.6 Å². The highest BCUT2D eigenvalue weighted by atomic mass is 35.5. The quantitative estimate of drug-likeness (QED) is 0.248. The van der Waals surface area contributed by atoms with Crippen LogP contribution in [0.5, 0.6) is 0 Å². The van der Waals surface area contributed by atoms with Gasteiger partial charge in [0, 0.05) is 25.0 Å². The fourth-order valence-corrected chi connectivity index (χ4v) is 3.15. The summed E-state index contributed by atoms with van der Waals surface area (Å²) in [6.07, 6.45) is 1.11. The number of hydrogen-bond acceptors (Lipinski definition) is 3. The minimum atomic E-state index is -3.96. The number of pyridine rings is 1. The zero-order valence-electron chi connectivity index (χ0n) is 21.9. The molecule has 0 N–H and O–H groups in total. The van der Waals surface area contributed by atoms with E-state index in [-0.39, 0.29) is 0 Å². The molecule has 2 rings (SSSR count). The molecule has 0 aliphatic heterocycles. The summed E-state index contributed by atoms with van der Waals surface area (Å²) in [6.45, 7) is 11.4. The van der Waals surface area contributed by atoms with E-state index < -0.39 is 12.6 Å². The number of hydrogen-bond donors (Lipinski definition) is 0. The van der Waals surface area contributed by atoms with Gasteiger partial charge in [-0.15, -0.1) is 0 Å². The van der Waals surface area contributed by atoms with Crippen molar-refractivity contribution in [3.63, 3.8) is 0 Å². The Morgan fingerprint density at radius 1 is 1.03 bits per heavy atom. The van der Waals surface area contributed by atoms with Crippen molar-refractivity contribution in [2.24, 2.45) is 4.99 Å². The van der Waals surface area contributed by atoms with Crippen LogP contribution in [-0.4, -0.2) is 22.7 Å². The van der Waals surface area contributed by atoms with Crippen LogP contribution in [0.1, 0.15) is 96.7 Å². The Kier molecular flexibility index (Phi) is 17.0. The van der Waals surface area contributed by atoms with E-state index in [1.807, 2.05) is 38.1 Å². The van der Waals surface area contributed by atoms with Crippen molar-refractivity contribution >= 4 is 28.8 Å². The van der Waals surface area contributed by atoms with Crippen molar-refractivity contribution < 1.29 is 18.0 Å². The van der Waals surface area contributed by atoms with Crippen LogP contribution in [0.3, 0.4) is 0 Å². The van der Waals surface area contributed by atoms with Crippen LogP contribution in [0.2, 0.25) is 5.15 Å². The van der Waals surface area contributed by atoms with Crippen molar-refractivity contribution in [1.82, 2.24) is 4.98 Å². The fraction of sp³-hybridized carbons (Fsp3) is 0.536. The van der Waals surface area contributed by atoms with Gasteiger partial charge < -0.3 is 0 Å². The largest absolute Gasteiger partial charge is 0.388 e. The summed E-state index contributed by atoms with van der Waals surface area (Å²) in [7, 11) is 0. The maximum Gasteiger partial charge on any atom is 0.388 e. The lowest BCUT2D eigenvalue weighted by atomic mass is 9.94. The van der Waals surface area contributed by atoms with E-state index in [0.29, 0.717) is 23.3 Å². The molecule has 196 valence electrons. The molecule has 1 atom stereocenters. The van der Waals surface area contributed by atoms with Gasteiger partial charge in [0.1, 0.15) is 10.9 Å². The first-order valence-corrected chi connectivity index (χ1v) is 12.6. The van der Waals surface area contributed by atoms with Gasteiger partial charge in [-0.05, 0) is 56.7 Å². The highest BCUT2D eigenvalue weighted by molar-refractivity contribution is 6.29. The lowest BCUT2D eigenvalue weighted by Crippen LogP contribution is -2.03. The third kappa shape index (κ3) is 17.0. The second-order valence-electron chi connectivity index (χ2n) is 8.46. The van der Waals surface area contributed by atoms with E-state index in [9.17, 15) is 18.0 Å². The summed E-state index contributed by atoms with van der Waals surface area (Å²) in [6, 6.07) is 13.9. The number of carbonyl (C=O) groups is 1. The number of rotatable bonds is 9. The number of ketones is 1. The molecule has 0 aliphatic rings. The molecule has 0 spiro atoms. The SMILES string of the molecule is CCC(F)(F)F.CCCC(=O)CC(C)c1ccccc1.CCCCC(C)=Nc1ccc(Cl)nc1C. The normalized spacial score (nSPS) is 12.1. The average Bonchev–Trinajstić information content (AvgIpc) is 2.80. The Bertz CT molecular complexity index is 884. The average molecular weight is 513 g/mol. The molecular formula is C28H40ClF3N2O. The van der Waals surface area contributed by atoms with Gasteiger partial charge in [0.15, 0.2) is 0 Å². The lowest BCUT2D eigenvalue weighted by molar-refractivity contribution is -0.130. The molecule has 0 saturated carbocycles. The Morgan fingerprint density at radius 2 is 1.63 bits per heavy atom. The Morgan fingerprint density at radius 3 is 2.11 bits per heavy atom. The van der Waals surface area contributed by atoms with Gasteiger partial charge in [-0.1, -0.05) is 76.0 Å². The van der Waals surface area contributed by atoms with E-state index in [0.717, 1.165) is 43.3 Å². The molecule has 7 heteroatoms. The zero-order valence-corrected chi connectivity index (χ0v) is 22.6. The van der Waals surface area contributed by atoms with Crippen LogP contribution in [0.4, 0.5) is 18.9 Å². The molecule has 0 bridgehead atoms. The molecule has 1 unspecified atom stereocenters. The van der Waals surface area contributed by atoms with Crippen LogP contribution in [-0.2, 0) is 4.79 Å². The maximum absolute atomic E-state index is 11.4. The second-order valence-corrected chi connectivity index (χ2v) is 8.85. The van der Waals surface area contributed by atoms with Crippen molar-refractivity contribution in [1.29, 1.82) is 0 Å². The Hall–Kier alpha value is -2.21. The molecule has 0 fully saturated rings. The van der Waals surface area contributed by atoms with Crippen molar-refractivity contribution in [3.05, 3.63) is 58.9 Å². The molecule has 3 nitrogen and oxygen atoms in total. The van der Waals surface area contributed by atoms with Crippen LogP contribution in [0.25, 0.3) is 0 Å². The van der Waals surface area contributed by atoms with Crippen LogP contribution in [0.15, 0.2) is 47.5 Å². The second kappa shape index (κ2) is 18.1. The standard InChI is InChI=1S/C13H18O.C12H17ClN2.C3H5F3/c1-3-7-13(14)10-11(2)12-8-5-4-6-9-12;1-4-5-6-9(2)14-11-7-8-12(13)15-10(11)3;1-2-3(4,5)6/h4-6,8-9,11H,3,7,10H2,1-2H3;7-8H,4-6H2,1-3H3;2H2,1H3. The minimum Gasteiger partial charge on any atom is -0.300 e. The minimum absolute atomic E-state index is 0.357. The monoisotopic (exact) mass is 512 g/mol. The molecule has 2 aromatic rings. The number of nitrogens with zero attached hydrogens (tertiary/aromatic N) is 2. The van der Waals surface area contributed by atoms with Gasteiger partial charge >= 0.3 is 6.18 Å². The summed E-state index contributed by atoms with van der Waals surface area (Å²) in [4.78, 5) is 20.1. The maximum atomic E-state index is 11.4. The molecule has 0 aliphatic carbocycles. The van der Waals surface area contributed by atoms with Crippen LogP contribution >= 0.6 is 11.6 Å². The van der Waals surface area contributed by atoms with Gasteiger partial charge in [0.2, 0.25) is 0 Å². The van der Waals surface area contributed by atoms with E-state index in [2.05, 4.69) is 42.9 Å². The molecule has 1 aromatic heterocycles. The highest BCUT2D eigenvalue weighted by Crippen LogP contribution is 2.21. The molecule has 0 saturated heterocycles. The number of carbonyl (C=O) groups excluding carboxylic acids is 1. The predicted octanol–water partition coefficient (Wildman–Crippen LogP) is 9.83. The molecule has 1 heterocycles. The number of alkyl halides is 3. The summed E-state index contributed by atoms with van der Waals surface area (Å²) in [5.41, 5.74) is 4.23. The molecule has 35 heavy (non-hydrogen) atoms. The fourth-order valence-electron chi connectivity index (χ4n) is 2.96. The zero-order chi connectivity index (χ0) is 26.9. The van der Waals surface area contributed by atoms with E-state index in [1.54, 1.807) is 6.07 Å². The van der Waals surface area contributed by atoms with Crippen molar-refractivity contribution in [2.75, 3.05) is 0 Å². The van der Waals surface area contributed by atoms with E-state index in [4.69, 9.17) is 11.6 Å². The number of Topliss-reactive ketones (excluding diaryl/α,β-unsaturated/α-hetero) is 1. The summed E-state index contributed by atoms with van der Waals surface area (Å²) < 4.78 is 32.4. The summed E-state index contributed by atoms with van der Waals surface area (Å²) >= 11 is 5.78. The first kappa shape index (κ1) is 32.8. The topological polar surface area (TPSA) is 42.3 Å². The first-order chi connectivity index (χ1) is 16.4. The number of benzene rings is 1. The first-order valence-electron chi connectivity index (χ1n) is 12.2. The summed E-state index contributed by atoms with van der Waals surface area (Å²) in [5, 5.41) is 0.526. The smallest absolute Gasteiger partial charge is 0.300 e. The van der Waals surface area contributed by atoms with Crippen LogP contribution < -0.4 is 0 Å². The van der Waals surface area contributed by atoms with Crippen molar-refractivity contribution in [3.8, 4) is 0 Å². The third-order valence-electron chi connectivity index (χ3n) is 5.06. The van der Waals surface area contributed by atoms with Gasteiger partial charge in [-0.2, -0.15) is 13.2 Å². The molecule has 0 radical (unpaired) electrons. The highest BCUT2D eigenvalue weighted by Gasteiger charge is 2.22. The molecule has 1 aromatic carbocycles. The third-order valence-corrected chi connectivity index (χ3v) is 5.27. The Balaban J connectivity index is 0.000000540. The Labute approximate surface area is 214 Å². The van der Waals surface area contributed by atoms with E-state index >= 15 is 0 Å². The number of halogens is 4. The summed E-state index contributed by atoms with van der Waals surface area (Å²) in [5.74, 6) is 0.735. The van der Waals surface area contributed by atoms with Gasteiger partial charge in [-0.3, -0.25) is 9.79 Å². The van der Waals surface area contributed by atoms with Gasteiger partial charge in [0.05, 0.1) is 11.4 Å². The van der Waals surface area contributed by atoms with E-state index in [1.165, 1.54) is 18.4 Å². The number of aliphatic imine (C=N–C) groups is 1. The number of aromatic nitrogens is 1. The van der Waals surface area contributed by atoms with Gasteiger partial charge in [-0.25, -0.2) is 4.98 Å². The predicted molar refractivity (Wildman–Crippen MR) is 142 cm³/mol. The van der Waals surface area contributed by atoms with Gasteiger partial charge in [0.25, 0.3) is 0 Å². The number of aryl methyl sites for hydroxylation is 1. The molecular weight excluding hydrogens is 473 g/mol. The van der Waals surface area contributed by atoms with Crippen LogP contribution in [0, 0.1) is 6.92 Å². The molecule has 0 amide bonds. The number of unbranched alkanes of at least 4 members (excludes halogenated alkanes) is 1. The lowest BCUT2D eigenvalue weighted by Gasteiger charge is -2.10.